The Morgan fingerprint density at radius 2 is 2.10 bits per heavy atom. The molecule has 0 unspecified atom stereocenters. The fourth-order valence-electron chi connectivity index (χ4n) is 1.43. The molecule has 104 valence electrons. The summed E-state index contributed by atoms with van der Waals surface area (Å²) in [5, 5.41) is 2.57. The number of aromatic nitrogens is 1. The van der Waals surface area contributed by atoms with Crippen molar-refractivity contribution in [3.8, 4) is 11.5 Å². The molecule has 1 N–H and O–H groups in total. The van der Waals surface area contributed by atoms with Gasteiger partial charge >= 0.3 is 0 Å². The van der Waals surface area contributed by atoms with Crippen molar-refractivity contribution in [2.45, 2.75) is 13.3 Å². The third-order valence-corrected chi connectivity index (χ3v) is 2.45. The summed E-state index contributed by atoms with van der Waals surface area (Å²) in [4.78, 5) is 15.1. The molecule has 1 aromatic heterocycles. The number of benzene rings is 1. The highest BCUT2D eigenvalue weighted by molar-refractivity contribution is 5.89. The molecule has 0 fully saturated rings. The molecule has 0 atom stereocenters. The maximum absolute atomic E-state index is 13.4. The van der Waals surface area contributed by atoms with Crippen molar-refractivity contribution in [2.24, 2.45) is 0 Å². The summed E-state index contributed by atoms with van der Waals surface area (Å²) < 4.78 is 31.4. The number of nitrogens with one attached hydrogen (secondary N) is 1. The molecule has 0 aliphatic rings. The summed E-state index contributed by atoms with van der Waals surface area (Å²) in [6.45, 7) is 1.73. The van der Waals surface area contributed by atoms with E-state index in [4.69, 9.17) is 4.74 Å². The zero-order valence-corrected chi connectivity index (χ0v) is 10.7. The minimum absolute atomic E-state index is 0.0986. The lowest BCUT2D eigenvalue weighted by molar-refractivity contribution is -0.115. The number of hydrogen-bond acceptors (Lipinski definition) is 3. The van der Waals surface area contributed by atoms with Crippen molar-refractivity contribution in [1.29, 1.82) is 0 Å². The fourth-order valence-corrected chi connectivity index (χ4v) is 1.43. The molecule has 1 heterocycles. The summed E-state index contributed by atoms with van der Waals surface area (Å²) in [5.74, 6) is -1.07. The smallest absolute Gasteiger partial charge is 0.225 e. The van der Waals surface area contributed by atoms with Crippen molar-refractivity contribution in [3.05, 3.63) is 48.2 Å². The zero-order valence-electron chi connectivity index (χ0n) is 10.7. The van der Waals surface area contributed by atoms with E-state index in [0.29, 0.717) is 12.2 Å². The van der Waals surface area contributed by atoms with Gasteiger partial charge in [-0.3, -0.25) is 4.79 Å². The Labute approximate surface area is 114 Å². The van der Waals surface area contributed by atoms with Crippen molar-refractivity contribution in [2.75, 3.05) is 5.32 Å². The van der Waals surface area contributed by atoms with Gasteiger partial charge in [-0.2, -0.15) is 0 Å². The first kappa shape index (κ1) is 13.9. The van der Waals surface area contributed by atoms with Gasteiger partial charge in [-0.1, -0.05) is 6.92 Å². The average molecular weight is 278 g/mol. The highest BCUT2D eigenvalue weighted by atomic mass is 19.1. The maximum atomic E-state index is 13.4. The van der Waals surface area contributed by atoms with E-state index < -0.39 is 11.6 Å². The van der Waals surface area contributed by atoms with Gasteiger partial charge in [-0.05, 0) is 24.3 Å². The van der Waals surface area contributed by atoms with Crippen LogP contribution in [0, 0.1) is 11.6 Å². The van der Waals surface area contributed by atoms with Gasteiger partial charge in [0.1, 0.15) is 17.4 Å². The Balaban J connectivity index is 2.08. The molecule has 2 rings (SSSR count). The lowest BCUT2D eigenvalue weighted by Gasteiger charge is -2.07. The molecule has 0 spiro atoms. The second-order valence-corrected chi connectivity index (χ2v) is 3.96. The minimum Gasteiger partial charge on any atom is -0.453 e. The van der Waals surface area contributed by atoms with Crippen molar-refractivity contribution in [1.82, 2.24) is 4.98 Å². The molecule has 4 nitrogen and oxygen atoms in total. The summed E-state index contributed by atoms with van der Waals surface area (Å²) in [6, 6.07) is 6.09. The fraction of sp³-hybridized carbons (Fsp3) is 0.143. The normalized spacial score (nSPS) is 10.2. The Morgan fingerprint density at radius 3 is 2.70 bits per heavy atom. The van der Waals surface area contributed by atoms with Gasteiger partial charge in [-0.25, -0.2) is 13.8 Å². The predicted molar refractivity (Wildman–Crippen MR) is 69.6 cm³/mol. The SMILES string of the molecule is CCC(=O)Nc1ccc(Oc2ccc(F)cc2F)cn1. The first-order valence-electron chi connectivity index (χ1n) is 5.97. The number of pyridine rings is 1. The van der Waals surface area contributed by atoms with Gasteiger partial charge in [0, 0.05) is 12.5 Å². The Kier molecular flexibility index (Phi) is 4.24. The van der Waals surface area contributed by atoms with E-state index in [0.717, 1.165) is 12.1 Å². The van der Waals surface area contributed by atoms with E-state index in [2.05, 4.69) is 10.3 Å². The topological polar surface area (TPSA) is 51.2 Å². The van der Waals surface area contributed by atoms with Crippen molar-refractivity contribution < 1.29 is 18.3 Å². The van der Waals surface area contributed by atoms with Gasteiger partial charge in [0.05, 0.1) is 6.20 Å². The molecule has 0 saturated carbocycles. The van der Waals surface area contributed by atoms with E-state index in [1.165, 1.54) is 24.4 Å². The van der Waals surface area contributed by atoms with Crippen LogP contribution in [-0.4, -0.2) is 10.9 Å². The maximum Gasteiger partial charge on any atom is 0.225 e. The molecule has 2 aromatic rings. The lowest BCUT2D eigenvalue weighted by atomic mass is 10.3. The van der Waals surface area contributed by atoms with Crippen LogP contribution in [0.15, 0.2) is 36.5 Å². The van der Waals surface area contributed by atoms with Gasteiger partial charge in [-0.15, -0.1) is 0 Å². The van der Waals surface area contributed by atoms with Gasteiger partial charge in [0.25, 0.3) is 0 Å². The highest BCUT2D eigenvalue weighted by Gasteiger charge is 2.07. The molecule has 0 bridgehead atoms. The number of hydrogen-bond donors (Lipinski definition) is 1. The number of anilines is 1. The number of carbonyl (C=O) groups is 1. The van der Waals surface area contributed by atoms with Crippen LogP contribution < -0.4 is 10.1 Å². The Morgan fingerprint density at radius 1 is 1.30 bits per heavy atom. The van der Waals surface area contributed by atoms with E-state index in [9.17, 15) is 13.6 Å². The van der Waals surface area contributed by atoms with E-state index >= 15 is 0 Å². The van der Waals surface area contributed by atoms with Gasteiger partial charge < -0.3 is 10.1 Å². The molecule has 1 aromatic carbocycles. The van der Waals surface area contributed by atoms with Gasteiger partial charge in [0.2, 0.25) is 5.91 Å². The summed E-state index contributed by atoms with van der Waals surface area (Å²) >= 11 is 0. The Bertz CT molecular complexity index is 615. The quantitative estimate of drug-likeness (QED) is 0.931. The minimum atomic E-state index is -0.798. The molecular formula is C14H12F2N2O2. The van der Waals surface area contributed by atoms with Crippen LogP contribution >= 0.6 is 0 Å². The van der Waals surface area contributed by atoms with Crippen LogP contribution in [0.25, 0.3) is 0 Å². The first-order chi connectivity index (χ1) is 9.58. The molecule has 0 aliphatic carbocycles. The van der Waals surface area contributed by atoms with Crippen LogP contribution in [0.2, 0.25) is 0 Å². The number of carbonyl (C=O) groups excluding carboxylic acids is 1. The van der Waals surface area contributed by atoms with Crippen molar-refractivity contribution in [3.63, 3.8) is 0 Å². The van der Waals surface area contributed by atoms with E-state index in [1.807, 2.05) is 0 Å². The van der Waals surface area contributed by atoms with Crippen molar-refractivity contribution >= 4 is 11.7 Å². The number of ether oxygens (including phenoxy) is 1. The van der Waals surface area contributed by atoms with Crippen LogP contribution in [0.4, 0.5) is 14.6 Å². The average Bonchev–Trinajstić information content (AvgIpc) is 2.44. The molecule has 0 radical (unpaired) electrons. The highest BCUT2D eigenvalue weighted by Crippen LogP contribution is 2.24. The van der Waals surface area contributed by atoms with Gasteiger partial charge in [0.15, 0.2) is 11.6 Å². The standard InChI is InChI=1S/C14H12F2N2O2/c1-2-14(19)18-13-6-4-10(8-17-13)20-12-5-3-9(15)7-11(12)16/h3-8H,2H2,1H3,(H,17,18,19). The Hall–Kier alpha value is -2.50. The van der Waals surface area contributed by atoms with Crippen LogP contribution in [0.5, 0.6) is 11.5 Å². The number of halogens is 2. The number of rotatable bonds is 4. The predicted octanol–water partition coefficient (Wildman–Crippen LogP) is 3.50. The van der Waals surface area contributed by atoms with E-state index in [1.54, 1.807) is 6.92 Å². The first-order valence-corrected chi connectivity index (χ1v) is 5.97. The monoisotopic (exact) mass is 278 g/mol. The largest absolute Gasteiger partial charge is 0.453 e. The molecule has 0 saturated heterocycles. The second kappa shape index (κ2) is 6.10. The molecular weight excluding hydrogens is 266 g/mol. The third kappa shape index (κ3) is 3.50. The molecule has 0 aliphatic heterocycles. The summed E-state index contributed by atoms with van der Waals surface area (Å²) in [6.07, 6.45) is 1.69. The lowest BCUT2D eigenvalue weighted by Crippen LogP contribution is -2.10. The summed E-state index contributed by atoms with van der Waals surface area (Å²) in [5.41, 5.74) is 0. The number of nitrogens with zero attached hydrogens (tertiary/aromatic N) is 1. The van der Waals surface area contributed by atoms with Crippen LogP contribution in [-0.2, 0) is 4.79 Å². The summed E-state index contributed by atoms with van der Waals surface area (Å²) in [7, 11) is 0. The molecule has 1 amide bonds. The van der Waals surface area contributed by atoms with Crippen LogP contribution in [0.3, 0.4) is 0 Å². The molecule has 6 heteroatoms. The molecule has 20 heavy (non-hydrogen) atoms. The zero-order chi connectivity index (χ0) is 14.5. The van der Waals surface area contributed by atoms with E-state index in [-0.39, 0.29) is 17.4 Å². The number of amides is 1. The van der Waals surface area contributed by atoms with Crippen LogP contribution in [0.1, 0.15) is 13.3 Å². The third-order valence-electron chi connectivity index (χ3n) is 2.45. The second-order valence-electron chi connectivity index (χ2n) is 3.96.